The number of nitrogens with one attached hydrogen (secondary N) is 1. The standard InChI is InChI=1S/C16H23NO/c1-10(2)18-13-6-7-14-11(3)9-17-16(12-4-5-12)15(14)8-13/h6-8,10-12,16-17H,4-5,9H2,1-3H3. The number of ether oxygens (including phenoxy) is 1. The van der Waals surface area contributed by atoms with Crippen LogP contribution in [0.2, 0.25) is 0 Å². The molecular formula is C16H23NO. The van der Waals surface area contributed by atoms with Crippen LogP contribution in [0.5, 0.6) is 5.75 Å². The molecule has 2 nitrogen and oxygen atoms in total. The summed E-state index contributed by atoms with van der Waals surface area (Å²) >= 11 is 0. The Kier molecular flexibility index (Phi) is 3.06. The van der Waals surface area contributed by atoms with Gasteiger partial charge in [-0.25, -0.2) is 0 Å². The van der Waals surface area contributed by atoms with Gasteiger partial charge in [-0.1, -0.05) is 13.0 Å². The van der Waals surface area contributed by atoms with E-state index in [4.69, 9.17) is 4.74 Å². The molecule has 98 valence electrons. The van der Waals surface area contributed by atoms with Crippen LogP contribution < -0.4 is 10.1 Å². The summed E-state index contributed by atoms with van der Waals surface area (Å²) in [6.45, 7) is 7.58. The van der Waals surface area contributed by atoms with Crippen LogP contribution >= 0.6 is 0 Å². The zero-order chi connectivity index (χ0) is 12.7. The van der Waals surface area contributed by atoms with Crippen molar-refractivity contribution in [2.45, 2.75) is 51.7 Å². The normalized spacial score (nSPS) is 27.1. The molecule has 2 unspecified atom stereocenters. The smallest absolute Gasteiger partial charge is 0.120 e. The summed E-state index contributed by atoms with van der Waals surface area (Å²) < 4.78 is 5.84. The molecule has 2 aliphatic rings. The zero-order valence-corrected chi connectivity index (χ0v) is 11.6. The van der Waals surface area contributed by atoms with Gasteiger partial charge in [-0.3, -0.25) is 0 Å². The Balaban J connectivity index is 1.94. The third-order valence-electron chi connectivity index (χ3n) is 4.03. The predicted octanol–water partition coefficient (Wildman–Crippen LogP) is 3.63. The highest BCUT2D eigenvalue weighted by atomic mass is 16.5. The molecule has 1 aromatic carbocycles. The van der Waals surface area contributed by atoms with Gasteiger partial charge >= 0.3 is 0 Å². The van der Waals surface area contributed by atoms with Gasteiger partial charge in [0.2, 0.25) is 0 Å². The lowest BCUT2D eigenvalue weighted by Crippen LogP contribution is -2.33. The largest absolute Gasteiger partial charge is 0.491 e. The fourth-order valence-corrected chi connectivity index (χ4v) is 2.99. The molecule has 1 aliphatic heterocycles. The molecule has 18 heavy (non-hydrogen) atoms. The fraction of sp³-hybridized carbons (Fsp3) is 0.625. The fourth-order valence-electron chi connectivity index (χ4n) is 2.99. The maximum absolute atomic E-state index is 5.84. The van der Waals surface area contributed by atoms with Crippen molar-refractivity contribution in [3.63, 3.8) is 0 Å². The summed E-state index contributed by atoms with van der Waals surface area (Å²) in [5.41, 5.74) is 3.00. The number of hydrogen-bond acceptors (Lipinski definition) is 2. The maximum Gasteiger partial charge on any atom is 0.120 e. The van der Waals surface area contributed by atoms with Gasteiger partial charge in [0.1, 0.15) is 5.75 Å². The minimum absolute atomic E-state index is 0.247. The van der Waals surface area contributed by atoms with Crippen molar-refractivity contribution >= 4 is 0 Å². The molecule has 1 N–H and O–H groups in total. The van der Waals surface area contributed by atoms with Crippen LogP contribution in [-0.2, 0) is 0 Å². The molecule has 0 saturated heterocycles. The van der Waals surface area contributed by atoms with Gasteiger partial charge in [0.15, 0.2) is 0 Å². The Hall–Kier alpha value is -1.02. The van der Waals surface area contributed by atoms with Gasteiger partial charge in [-0.15, -0.1) is 0 Å². The number of rotatable bonds is 3. The molecule has 0 aromatic heterocycles. The highest BCUT2D eigenvalue weighted by molar-refractivity contribution is 5.42. The van der Waals surface area contributed by atoms with Crippen LogP contribution in [0.15, 0.2) is 18.2 Å². The van der Waals surface area contributed by atoms with E-state index < -0.39 is 0 Å². The Bertz CT molecular complexity index is 437. The topological polar surface area (TPSA) is 21.3 Å². The van der Waals surface area contributed by atoms with Gasteiger partial charge in [0, 0.05) is 12.6 Å². The lowest BCUT2D eigenvalue weighted by molar-refractivity contribution is 0.241. The van der Waals surface area contributed by atoms with Gasteiger partial charge in [0.25, 0.3) is 0 Å². The Morgan fingerprint density at radius 2 is 2.00 bits per heavy atom. The van der Waals surface area contributed by atoms with Crippen LogP contribution in [0.1, 0.15) is 56.7 Å². The second-order valence-electron chi connectivity index (χ2n) is 6.08. The minimum atomic E-state index is 0.247. The minimum Gasteiger partial charge on any atom is -0.491 e. The molecule has 2 heteroatoms. The van der Waals surface area contributed by atoms with Crippen molar-refractivity contribution in [1.82, 2.24) is 5.32 Å². The van der Waals surface area contributed by atoms with E-state index in [0.717, 1.165) is 18.2 Å². The van der Waals surface area contributed by atoms with Crippen molar-refractivity contribution in [3.8, 4) is 5.75 Å². The summed E-state index contributed by atoms with van der Waals surface area (Å²) in [6.07, 6.45) is 3.00. The summed E-state index contributed by atoms with van der Waals surface area (Å²) in [7, 11) is 0. The van der Waals surface area contributed by atoms with E-state index in [1.54, 1.807) is 0 Å². The van der Waals surface area contributed by atoms with Crippen LogP contribution in [0.4, 0.5) is 0 Å². The van der Waals surface area contributed by atoms with E-state index in [0.29, 0.717) is 12.0 Å². The summed E-state index contributed by atoms with van der Waals surface area (Å²) in [4.78, 5) is 0. The predicted molar refractivity (Wildman–Crippen MR) is 74.1 cm³/mol. The first-order valence-corrected chi connectivity index (χ1v) is 7.19. The van der Waals surface area contributed by atoms with Crippen molar-refractivity contribution in [2.75, 3.05) is 6.54 Å². The average Bonchev–Trinajstić information content (AvgIpc) is 3.12. The van der Waals surface area contributed by atoms with Gasteiger partial charge in [0.05, 0.1) is 6.10 Å². The molecule has 3 rings (SSSR count). The monoisotopic (exact) mass is 245 g/mol. The van der Waals surface area contributed by atoms with Gasteiger partial charge in [-0.2, -0.15) is 0 Å². The van der Waals surface area contributed by atoms with E-state index in [2.05, 4.69) is 44.3 Å². The first-order chi connectivity index (χ1) is 8.65. The van der Waals surface area contributed by atoms with E-state index >= 15 is 0 Å². The Morgan fingerprint density at radius 3 is 2.67 bits per heavy atom. The molecule has 1 aromatic rings. The molecular weight excluding hydrogens is 222 g/mol. The number of hydrogen-bond donors (Lipinski definition) is 1. The van der Waals surface area contributed by atoms with E-state index in [9.17, 15) is 0 Å². The van der Waals surface area contributed by atoms with Crippen LogP contribution in [0, 0.1) is 5.92 Å². The van der Waals surface area contributed by atoms with Gasteiger partial charge in [-0.05, 0) is 61.8 Å². The molecule has 0 spiro atoms. The second kappa shape index (κ2) is 4.58. The Morgan fingerprint density at radius 1 is 1.22 bits per heavy atom. The van der Waals surface area contributed by atoms with Crippen molar-refractivity contribution < 1.29 is 4.74 Å². The van der Waals surface area contributed by atoms with E-state index in [-0.39, 0.29) is 6.10 Å². The highest BCUT2D eigenvalue weighted by Gasteiger charge is 2.36. The van der Waals surface area contributed by atoms with Crippen molar-refractivity contribution in [1.29, 1.82) is 0 Å². The summed E-state index contributed by atoms with van der Waals surface area (Å²) in [5.74, 6) is 2.49. The number of benzene rings is 1. The molecule has 1 heterocycles. The lowest BCUT2D eigenvalue weighted by Gasteiger charge is -2.31. The zero-order valence-electron chi connectivity index (χ0n) is 11.6. The molecule has 1 fully saturated rings. The average molecular weight is 245 g/mol. The van der Waals surface area contributed by atoms with E-state index in [1.807, 2.05) is 0 Å². The quantitative estimate of drug-likeness (QED) is 0.878. The molecule has 2 atom stereocenters. The SMILES string of the molecule is CC(C)Oc1ccc2c(c1)C(C1CC1)NCC2C. The maximum atomic E-state index is 5.84. The first kappa shape index (κ1) is 12.0. The third kappa shape index (κ3) is 2.26. The van der Waals surface area contributed by atoms with Gasteiger partial charge < -0.3 is 10.1 Å². The molecule has 0 radical (unpaired) electrons. The first-order valence-electron chi connectivity index (χ1n) is 7.19. The third-order valence-corrected chi connectivity index (χ3v) is 4.03. The summed E-state index contributed by atoms with van der Waals surface area (Å²) in [5, 5.41) is 3.71. The number of fused-ring (bicyclic) bond motifs is 1. The van der Waals surface area contributed by atoms with Crippen molar-refractivity contribution in [3.05, 3.63) is 29.3 Å². The van der Waals surface area contributed by atoms with Crippen molar-refractivity contribution in [2.24, 2.45) is 5.92 Å². The molecule has 0 bridgehead atoms. The Labute approximate surface area is 110 Å². The van der Waals surface area contributed by atoms with Crippen LogP contribution in [0.3, 0.4) is 0 Å². The van der Waals surface area contributed by atoms with Crippen LogP contribution in [0.25, 0.3) is 0 Å². The highest BCUT2D eigenvalue weighted by Crippen LogP contribution is 2.45. The summed E-state index contributed by atoms with van der Waals surface area (Å²) in [6, 6.07) is 7.23. The second-order valence-corrected chi connectivity index (χ2v) is 6.08. The molecule has 1 aliphatic carbocycles. The van der Waals surface area contributed by atoms with E-state index in [1.165, 1.54) is 24.0 Å². The molecule has 1 saturated carbocycles. The van der Waals surface area contributed by atoms with Crippen LogP contribution in [-0.4, -0.2) is 12.6 Å². The molecule has 0 amide bonds. The lowest BCUT2D eigenvalue weighted by atomic mass is 9.85.